The van der Waals surface area contributed by atoms with E-state index in [9.17, 15) is 4.79 Å². The van der Waals surface area contributed by atoms with Gasteiger partial charge in [-0.3, -0.25) is 4.79 Å². The van der Waals surface area contributed by atoms with Gasteiger partial charge in [-0.1, -0.05) is 61.7 Å². The summed E-state index contributed by atoms with van der Waals surface area (Å²) >= 11 is 0. The average Bonchev–Trinajstić information content (AvgIpc) is 3.19. The molecule has 0 unspecified atom stereocenters. The van der Waals surface area contributed by atoms with Crippen molar-refractivity contribution in [1.82, 2.24) is 15.0 Å². The van der Waals surface area contributed by atoms with E-state index in [1.165, 1.54) is 19.3 Å². The summed E-state index contributed by atoms with van der Waals surface area (Å²) in [6, 6.07) is 9.87. The molecule has 4 rings (SSSR count). The molecule has 5 heteroatoms. The Morgan fingerprint density at radius 1 is 1.15 bits per heavy atom. The van der Waals surface area contributed by atoms with E-state index in [-0.39, 0.29) is 11.3 Å². The number of rotatable bonds is 3. The van der Waals surface area contributed by atoms with Gasteiger partial charge in [-0.05, 0) is 25.7 Å². The summed E-state index contributed by atoms with van der Waals surface area (Å²) in [6.45, 7) is 3.70. The lowest BCUT2D eigenvalue weighted by atomic mass is 9.74. The second-order valence-corrected chi connectivity index (χ2v) is 8.03. The van der Waals surface area contributed by atoms with Gasteiger partial charge in [0.25, 0.3) is 0 Å². The van der Waals surface area contributed by atoms with Crippen molar-refractivity contribution >= 4 is 5.91 Å². The predicted octanol–water partition coefficient (Wildman–Crippen LogP) is 4.41. The molecule has 1 saturated carbocycles. The second kappa shape index (κ2) is 7.22. The Bertz CT molecular complexity index is 750. The normalized spacial score (nSPS) is 23.0. The number of hydrogen-bond donors (Lipinski definition) is 0. The number of carbonyl (C=O) groups is 1. The maximum absolute atomic E-state index is 13.1. The Morgan fingerprint density at radius 3 is 2.69 bits per heavy atom. The van der Waals surface area contributed by atoms with Gasteiger partial charge in [-0.15, -0.1) is 0 Å². The van der Waals surface area contributed by atoms with E-state index in [2.05, 4.69) is 17.1 Å². The highest BCUT2D eigenvalue weighted by Crippen LogP contribution is 2.39. The minimum absolute atomic E-state index is 0.143. The largest absolute Gasteiger partial charge is 0.341 e. The molecule has 26 heavy (non-hydrogen) atoms. The summed E-state index contributed by atoms with van der Waals surface area (Å²) in [5, 5.41) is 4.15. The molecular formula is C21H27N3O2. The lowest BCUT2D eigenvalue weighted by molar-refractivity contribution is -0.144. The van der Waals surface area contributed by atoms with E-state index in [1.807, 2.05) is 35.2 Å². The molecule has 1 atom stereocenters. The van der Waals surface area contributed by atoms with Crippen molar-refractivity contribution in [3.63, 3.8) is 0 Å². The molecule has 5 nitrogen and oxygen atoms in total. The Labute approximate surface area is 154 Å². The summed E-state index contributed by atoms with van der Waals surface area (Å²) in [5.74, 6) is 1.76. The SMILES string of the molecule is CC1(C(=O)N2CCC[C@H](c3nc(-c4ccccc4)no3)C2)CCCCC1. The van der Waals surface area contributed by atoms with Crippen LogP contribution in [0.3, 0.4) is 0 Å². The lowest BCUT2D eigenvalue weighted by Gasteiger charge is -2.40. The second-order valence-electron chi connectivity index (χ2n) is 8.03. The molecule has 1 aliphatic heterocycles. The van der Waals surface area contributed by atoms with Gasteiger partial charge in [-0.2, -0.15) is 4.98 Å². The fourth-order valence-electron chi connectivity index (χ4n) is 4.40. The molecule has 2 fully saturated rings. The van der Waals surface area contributed by atoms with Crippen molar-refractivity contribution in [2.45, 2.75) is 57.8 Å². The van der Waals surface area contributed by atoms with Crippen LogP contribution in [0.2, 0.25) is 0 Å². The molecule has 2 aliphatic rings. The Hall–Kier alpha value is -2.17. The average molecular weight is 353 g/mol. The molecule has 0 spiro atoms. The van der Waals surface area contributed by atoms with Crippen LogP contribution in [-0.2, 0) is 4.79 Å². The van der Waals surface area contributed by atoms with Gasteiger partial charge < -0.3 is 9.42 Å². The van der Waals surface area contributed by atoms with Crippen molar-refractivity contribution in [2.24, 2.45) is 5.41 Å². The first-order chi connectivity index (χ1) is 12.7. The van der Waals surface area contributed by atoms with Crippen molar-refractivity contribution in [3.05, 3.63) is 36.2 Å². The summed E-state index contributed by atoms with van der Waals surface area (Å²) in [6.07, 6.45) is 7.63. The van der Waals surface area contributed by atoms with Crippen LogP contribution in [0.4, 0.5) is 0 Å². The number of carbonyl (C=O) groups excluding carboxylic acids is 1. The number of hydrogen-bond acceptors (Lipinski definition) is 4. The van der Waals surface area contributed by atoms with Crippen LogP contribution in [0.5, 0.6) is 0 Å². The number of likely N-dealkylation sites (tertiary alicyclic amines) is 1. The zero-order chi connectivity index (χ0) is 18.0. The molecule has 1 saturated heterocycles. The fraction of sp³-hybridized carbons (Fsp3) is 0.571. The molecular weight excluding hydrogens is 326 g/mol. The zero-order valence-corrected chi connectivity index (χ0v) is 15.5. The minimum atomic E-state index is -0.176. The first kappa shape index (κ1) is 17.3. The van der Waals surface area contributed by atoms with Crippen molar-refractivity contribution in [1.29, 1.82) is 0 Å². The van der Waals surface area contributed by atoms with E-state index in [1.54, 1.807) is 0 Å². The maximum Gasteiger partial charge on any atom is 0.231 e. The Balaban J connectivity index is 1.47. The number of amides is 1. The van der Waals surface area contributed by atoms with Gasteiger partial charge in [0.2, 0.25) is 17.6 Å². The van der Waals surface area contributed by atoms with Gasteiger partial charge in [0.1, 0.15) is 0 Å². The highest BCUT2D eigenvalue weighted by Gasteiger charge is 2.39. The van der Waals surface area contributed by atoms with Gasteiger partial charge >= 0.3 is 0 Å². The minimum Gasteiger partial charge on any atom is -0.341 e. The number of piperidine rings is 1. The maximum atomic E-state index is 13.1. The molecule has 1 aromatic carbocycles. The Kier molecular flexibility index (Phi) is 4.79. The first-order valence-electron chi connectivity index (χ1n) is 9.84. The molecule has 1 aliphatic carbocycles. The van der Waals surface area contributed by atoms with E-state index in [0.717, 1.165) is 37.8 Å². The van der Waals surface area contributed by atoms with Crippen LogP contribution in [0, 0.1) is 5.41 Å². The molecule has 1 aromatic heterocycles. The van der Waals surface area contributed by atoms with Gasteiger partial charge in [0.05, 0.1) is 5.92 Å². The van der Waals surface area contributed by atoms with Crippen molar-refractivity contribution < 1.29 is 9.32 Å². The van der Waals surface area contributed by atoms with E-state index >= 15 is 0 Å². The molecule has 0 radical (unpaired) electrons. The molecule has 1 amide bonds. The molecule has 0 N–H and O–H groups in total. The monoisotopic (exact) mass is 353 g/mol. The van der Waals surface area contributed by atoms with Crippen LogP contribution in [-0.4, -0.2) is 34.0 Å². The number of benzene rings is 1. The van der Waals surface area contributed by atoms with E-state index in [0.29, 0.717) is 24.2 Å². The first-order valence-corrected chi connectivity index (χ1v) is 9.84. The van der Waals surface area contributed by atoms with Crippen LogP contribution in [0.1, 0.15) is 63.7 Å². The fourth-order valence-corrected chi connectivity index (χ4v) is 4.40. The summed E-state index contributed by atoms with van der Waals surface area (Å²) in [5.41, 5.74) is 0.783. The number of nitrogens with zero attached hydrogens (tertiary/aromatic N) is 3. The Morgan fingerprint density at radius 2 is 1.92 bits per heavy atom. The zero-order valence-electron chi connectivity index (χ0n) is 15.5. The van der Waals surface area contributed by atoms with Crippen molar-refractivity contribution in [2.75, 3.05) is 13.1 Å². The van der Waals surface area contributed by atoms with Crippen LogP contribution < -0.4 is 0 Å². The van der Waals surface area contributed by atoms with Gasteiger partial charge in [0, 0.05) is 24.1 Å². The van der Waals surface area contributed by atoms with E-state index < -0.39 is 0 Å². The third-order valence-corrected chi connectivity index (χ3v) is 6.00. The standard InChI is InChI=1S/C21H27N3O2/c1-21(12-6-3-7-13-21)20(25)24-14-8-11-17(15-24)19-22-18(23-26-19)16-9-4-2-5-10-16/h2,4-5,9-10,17H,3,6-8,11-15H2,1H3/t17-/m0/s1. The highest BCUT2D eigenvalue weighted by molar-refractivity contribution is 5.82. The molecule has 2 aromatic rings. The quantitative estimate of drug-likeness (QED) is 0.820. The summed E-state index contributed by atoms with van der Waals surface area (Å²) in [4.78, 5) is 19.8. The number of aromatic nitrogens is 2. The summed E-state index contributed by atoms with van der Waals surface area (Å²) < 4.78 is 5.56. The van der Waals surface area contributed by atoms with Crippen LogP contribution >= 0.6 is 0 Å². The van der Waals surface area contributed by atoms with E-state index in [4.69, 9.17) is 4.52 Å². The topological polar surface area (TPSA) is 59.2 Å². The third kappa shape index (κ3) is 3.39. The van der Waals surface area contributed by atoms with Gasteiger partial charge in [-0.25, -0.2) is 0 Å². The predicted molar refractivity (Wildman–Crippen MR) is 99.5 cm³/mol. The summed E-state index contributed by atoms with van der Waals surface area (Å²) in [7, 11) is 0. The lowest BCUT2D eigenvalue weighted by Crippen LogP contribution is -2.47. The van der Waals surface area contributed by atoms with Crippen LogP contribution in [0.25, 0.3) is 11.4 Å². The molecule has 138 valence electrons. The van der Waals surface area contributed by atoms with Crippen LogP contribution in [0.15, 0.2) is 34.9 Å². The smallest absolute Gasteiger partial charge is 0.231 e. The molecule has 2 heterocycles. The third-order valence-electron chi connectivity index (χ3n) is 6.00. The van der Waals surface area contributed by atoms with Gasteiger partial charge in [0.15, 0.2) is 0 Å². The highest BCUT2D eigenvalue weighted by atomic mass is 16.5. The van der Waals surface area contributed by atoms with Crippen molar-refractivity contribution in [3.8, 4) is 11.4 Å². The molecule has 0 bridgehead atoms.